The Morgan fingerprint density at radius 1 is 1.33 bits per heavy atom. The third kappa shape index (κ3) is 1.10. The van der Waals surface area contributed by atoms with Gasteiger partial charge in [0.15, 0.2) is 0 Å². The number of benzene rings is 1. The Balaban J connectivity index is 2.53. The standard InChI is InChI=1S/C11H10N/c12-8-10-6-3-5-9-4-1-2-7-11(9)10/h2-3,5-6H,1,4,7H2. The van der Waals surface area contributed by atoms with E-state index in [0.717, 1.165) is 24.8 Å². The lowest BCUT2D eigenvalue weighted by atomic mass is 9.89. The molecular formula is C11H10N. The maximum Gasteiger partial charge on any atom is 0.0994 e. The fourth-order valence-electron chi connectivity index (χ4n) is 1.72. The van der Waals surface area contributed by atoms with Crippen LogP contribution in [0, 0.1) is 17.8 Å². The molecule has 0 aliphatic heterocycles. The smallest absolute Gasteiger partial charge is 0.0994 e. The average molecular weight is 156 g/mol. The maximum atomic E-state index is 8.83. The van der Waals surface area contributed by atoms with Gasteiger partial charge in [-0.25, -0.2) is 0 Å². The van der Waals surface area contributed by atoms with E-state index in [1.807, 2.05) is 12.1 Å². The molecule has 59 valence electrons. The van der Waals surface area contributed by atoms with Crippen LogP contribution in [0.1, 0.15) is 23.1 Å². The summed E-state index contributed by atoms with van der Waals surface area (Å²) >= 11 is 0. The molecule has 1 nitrogen and oxygen atoms in total. The van der Waals surface area contributed by atoms with E-state index in [9.17, 15) is 0 Å². The maximum absolute atomic E-state index is 8.83. The Bertz CT molecular complexity index is 333. The van der Waals surface area contributed by atoms with E-state index in [0.29, 0.717) is 0 Å². The van der Waals surface area contributed by atoms with E-state index in [1.165, 1.54) is 11.1 Å². The van der Waals surface area contributed by atoms with Crippen LogP contribution in [-0.4, -0.2) is 0 Å². The molecule has 0 bridgehead atoms. The Kier molecular flexibility index (Phi) is 1.83. The highest BCUT2D eigenvalue weighted by Crippen LogP contribution is 2.22. The number of fused-ring (bicyclic) bond motifs is 1. The van der Waals surface area contributed by atoms with Crippen molar-refractivity contribution in [2.24, 2.45) is 0 Å². The monoisotopic (exact) mass is 156 g/mol. The fraction of sp³-hybridized carbons (Fsp3) is 0.273. The number of aryl methyl sites for hydroxylation is 1. The van der Waals surface area contributed by atoms with Gasteiger partial charge in [0.25, 0.3) is 0 Å². The molecule has 0 amide bonds. The second-order valence-electron chi connectivity index (χ2n) is 3.09. The van der Waals surface area contributed by atoms with Crippen molar-refractivity contribution >= 4 is 0 Å². The van der Waals surface area contributed by atoms with Gasteiger partial charge in [-0.15, -0.1) is 0 Å². The molecule has 0 saturated heterocycles. The van der Waals surface area contributed by atoms with Crippen LogP contribution >= 0.6 is 0 Å². The van der Waals surface area contributed by atoms with Crippen LogP contribution in [0.25, 0.3) is 0 Å². The van der Waals surface area contributed by atoms with Gasteiger partial charge in [0.2, 0.25) is 0 Å². The summed E-state index contributed by atoms with van der Waals surface area (Å²) in [6.45, 7) is 0. The van der Waals surface area contributed by atoms with Crippen molar-refractivity contribution in [3.8, 4) is 6.07 Å². The number of nitriles is 1. The van der Waals surface area contributed by atoms with Crippen LogP contribution in [0.3, 0.4) is 0 Å². The third-order valence-electron chi connectivity index (χ3n) is 2.36. The summed E-state index contributed by atoms with van der Waals surface area (Å²) in [6.07, 6.45) is 5.48. The minimum atomic E-state index is 0.850. The molecule has 1 radical (unpaired) electrons. The summed E-state index contributed by atoms with van der Waals surface area (Å²) in [5.74, 6) is 0. The largest absolute Gasteiger partial charge is 0.192 e. The number of hydrogen-bond donors (Lipinski definition) is 0. The van der Waals surface area contributed by atoms with Crippen LogP contribution in [0.5, 0.6) is 0 Å². The topological polar surface area (TPSA) is 23.8 Å². The quantitative estimate of drug-likeness (QED) is 0.565. The fourth-order valence-corrected chi connectivity index (χ4v) is 1.72. The lowest BCUT2D eigenvalue weighted by molar-refractivity contribution is 0.827. The minimum Gasteiger partial charge on any atom is -0.192 e. The van der Waals surface area contributed by atoms with Gasteiger partial charge in [-0.05, 0) is 42.9 Å². The van der Waals surface area contributed by atoms with Gasteiger partial charge in [-0.3, -0.25) is 0 Å². The number of rotatable bonds is 0. The first-order valence-electron chi connectivity index (χ1n) is 4.24. The molecule has 0 N–H and O–H groups in total. The van der Waals surface area contributed by atoms with Crippen molar-refractivity contribution in [2.75, 3.05) is 0 Å². The van der Waals surface area contributed by atoms with Crippen LogP contribution < -0.4 is 0 Å². The SMILES string of the molecule is N#Cc1cccc2c1C[CH]CC2. The molecule has 1 heteroatoms. The summed E-state index contributed by atoms with van der Waals surface area (Å²) in [4.78, 5) is 0. The summed E-state index contributed by atoms with van der Waals surface area (Å²) in [5.41, 5.74) is 3.45. The Hall–Kier alpha value is -1.29. The molecule has 1 aromatic rings. The van der Waals surface area contributed by atoms with Crippen LogP contribution in [0.4, 0.5) is 0 Å². The molecule has 12 heavy (non-hydrogen) atoms. The van der Waals surface area contributed by atoms with Gasteiger partial charge in [0.1, 0.15) is 0 Å². The second kappa shape index (κ2) is 2.98. The Morgan fingerprint density at radius 3 is 3.08 bits per heavy atom. The van der Waals surface area contributed by atoms with Crippen molar-refractivity contribution in [1.82, 2.24) is 0 Å². The summed E-state index contributed by atoms with van der Waals surface area (Å²) < 4.78 is 0. The van der Waals surface area contributed by atoms with Gasteiger partial charge >= 0.3 is 0 Å². The molecule has 0 unspecified atom stereocenters. The van der Waals surface area contributed by atoms with Crippen molar-refractivity contribution < 1.29 is 0 Å². The number of nitrogens with zero attached hydrogens (tertiary/aromatic N) is 1. The van der Waals surface area contributed by atoms with Crippen LogP contribution in [0.15, 0.2) is 18.2 Å². The summed E-state index contributed by atoms with van der Waals surface area (Å²) in [7, 11) is 0. The second-order valence-corrected chi connectivity index (χ2v) is 3.09. The van der Waals surface area contributed by atoms with E-state index in [1.54, 1.807) is 0 Å². The van der Waals surface area contributed by atoms with Gasteiger partial charge in [0, 0.05) is 0 Å². The first kappa shape index (κ1) is 7.36. The van der Waals surface area contributed by atoms with Gasteiger partial charge in [-0.2, -0.15) is 5.26 Å². The Labute approximate surface area is 72.6 Å². The molecule has 0 atom stereocenters. The zero-order valence-electron chi connectivity index (χ0n) is 6.88. The lowest BCUT2D eigenvalue weighted by Crippen LogP contribution is -2.04. The molecule has 0 aromatic heterocycles. The van der Waals surface area contributed by atoms with Gasteiger partial charge < -0.3 is 0 Å². The van der Waals surface area contributed by atoms with Gasteiger partial charge in [-0.1, -0.05) is 12.1 Å². The van der Waals surface area contributed by atoms with E-state index < -0.39 is 0 Å². The zero-order valence-corrected chi connectivity index (χ0v) is 6.88. The van der Waals surface area contributed by atoms with Crippen molar-refractivity contribution in [1.29, 1.82) is 5.26 Å². The molecule has 0 fully saturated rings. The highest BCUT2D eigenvalue weighted by atomic mass is 14.3. The minimum absolute atomic E-state index is 0.850. The third-order valence-corrected chi connectivity index (χ3v) is 2.36. The molecule has 0 heterocycles. The van der Waals surface area contributed by atoms with Crippen molar-refractivity contribution in [2.45, 2.75) is 19.3 Å². The Morgan fingerprint density at radius 2 is 2.25 bits per heavy atom. The van der Waals surface area contributed by atoms with E-state index >= 15 is 0 Å². The highest BCUT2D eigenvalue weighted by Gasteiger charge is 2.11. The molecule has 1 aliphatic carbocycles. The normalized spacial score (nSPS) is 14.9. The molecule has 1 aromatic carbocycles. The van der Waals surface area contributed by atoms with E-state index in [2.05, 4.69) is 18.6 Å². The first-order chi connectivity index (χ1) is 5.92. The van der Waals surface area contributed by atoms with Gasteiger partial charge in [0.05, 0.1) is 11.6 Å². The van der Waals surface area contributed by atoms with E-state index in [-0.39, 0.29) is 0 Å². The predicted molar refractivity (Wildman–Crippen MR) is 47.5 cm³/mol. The molecule has 1 aliphatic rings. The number of hydrogen-bond acceptors (Lipinski definition) is 1. The molecular weight excluding hydrogens is 146 g/mol. The van der Waals surface area contributed by atoms with Crippen molar-refractivity contribution in [3.05, 3.63) is 41.3 Å². The summed E-state index contributed by atoms with van der Waals surface area (Å²) in [6, 6.07) is 8.24. The van der Waals surface area contributed by atoms with Crippen LogP contribution in [0.2, 0.25) is 0 Å². The molecule has 0 spiro atoms. The molecule has 2 rings (SSSR count). The van der Waals surface area contributed by atoms with Crippen molar-refractivity contribution in [3.63, 3.8) is 0 Å². The summed E-state index contributed by atoms with van der Waals surface area (Å²) in [5, 5.41) is 8.83. The average Bonchev–Trinajstić information content (AvgIpc) is 2.17. The molecule has 0 saturated carbocycles. The van der Waals surface area contributed by atoms with E-state index in [4.69, 9.17) is 5.26 Å². The first-order valence-corrected chi connectivity index (χ1v) is 4.24. The highest BCUT2D eigenvalue weighted by molar-refractivity contribution is 5.44. The zero-order chi connectivity index (χ0) is 8.39. The lowest BCUT2D eigenvalue weighted by Gasteiger charge is -2.15. The van der Waals surface area contributed by atoms with Crippen LogP contribution in [-0.2, 0) is 12.8 Å². The predicted octanol–water partition coefficient (Wildman–Crippen LogP) is 2.25.